The molecule has 2 atom stereocenters. The third-order valence-electron chi connectivity index (χ3n) is 3.61. The van der Waals surface area contributed by atoms with E-state index < -0.39 is 0 Å². The maximum atomic E-state index is 5.70. The molecule has 4 heteroatoms. The van der Waals surface area contributed by atoms with Gasteiger partial charge in [0.2, 0.25) is 0 Å². The van der Waals surface area contributed by atoms with Crippen molar-refractivity contribution in [2.24, 2.45) is 7.05 Å². The van der Waals surface area contributed by atoms with E-state index in [4.69, 9.17) is 4.74 Å². The second-order valence-corrected chi connectivity index (χ2v) is 5.12. The Balaban J connectivity index is 1.90. The van der Waals surface area contributed by atoms with Gasteiger partial charge >= 0.3 is 0 Å². The molecule has 0 spiro atoms. The summed E-state index contributed by atoms with van der Waals surface area (Å²) in [7, 11) is 2.06. The van der Waals surface area contributed by atoms with Crippen LogP contribution in [0.4, 0.5) is 0 Å². The molecule has 18 heavy (non-hydrogen) atoms. The fraction of sp³-hybridized carbons (Fsp3) is 0.786. The number of ether oxygens (including phenoxy) is 1. The van der Waals surface area contributed by atoms with E-state index in [1.807, 2.05) is 12.4 Å². The van der Waals surface area contributed by atoms with E-state index in [0.29, 0.717) is 12.1 Å². The highest BCUT2D eigenvalue weighted by molar-refractivity contribution is 4.98. The van der Waals surface area contributed by atoms with E-state index in [1.54, 1.807) is 0 Å². The zero-order chi connectivity index (χ0) is 12.8. The van der Waals surface area contributed by atoms with Crippen LogP contribution in [0.1, 0.15) is 50.9 Å². The Morgan fingerprint density at radius 2 is 2.50 bits per heavy atom. The van der Waals surface area contributed by atoms with Gasteiger partial charge in [-0.3, -0.25) is 0 Å². The van der Waals surface area contributed by atoms with Crippen LogP contribution >= 0.6 is 0 Å². The van der Waals surface area contributed by atoms with Crippen molar-refractivity contribution in [1.29, 1.82) is 0 Å². The van der Waals surface area contributed by atoms with Crippen molar-refractivity contribution in [2.75, 3.05) is 13.2 Å². The van der Waals surface area contributed by atoms with Crippen LogP contribution in [-0.4, -0.2) is 28.8 Å². The first-order valence-electron chi connectivity index (χ1n) is 7.13. The van der Waals surface area contributed by atoms with E-state index in [2.05, 4.69) is 28.8 Å². The lowest BCUT2D eigenvalue weighted by atomic mass is 10.1. The van der Waals surface area contributed by atoms with Crippen LogP contribution in [0.3, 0.4) is 0 Å². The van der Waals surface area contributed by atoms with Gasteiger partial charge in [0.05, 0.1) is 12.1 Å². The molecule has 1 aromatic rings. The minimum Gasteiger partial charge on any atom is -0.378 e. The van der Waals surface area contributed by atoms with Gasteiger partial charge in [-0.25, -0.2) is 4.98 Å². The van der Waals surface area contributed by atoms with Crippen molar-refractivity contribution in [1.82, 2.24) is 14.9 Å². The highest BCUT2D eigenvalue weighted by Crippen LogP contribution is 2.23. The maximum absolute atomic E-state index is 5.70. The highest BCUT2D eigenvalue weighted by Gasteiger charge is 2.20. The van der Waals surface area contributed by atoms with Crippen molar-refractivity contribution in [3.8, 4) is 0 Å². The number of aryl methyl sites for hydroxylation is 1. The van der Waals surface area contributed by atoms with Gasteiger partial charge in [-0.05, 0) is 38.6 Å². The van der Waals surface area contributed by atoms with Crippen molar-refractivity contribution in [3.63, 3.8) is 0 Å². The molecular weight excluding hydrogens is 226 g/mol. The van der Waals surface area contributed by atoms with E-state index in [-0.39, 0.29) is 0 Å². The molecule has 0 aliphatic carbocycles. The third-order valence-corrected chi connectivity index (χ3v) is 3.61. The second kappa shape index (κ2) is 6.90. The number of nitrogens with zero attached hydrogens (tertiary/aromatic N) is 2. The summed E-state index contributed by atoms with van der Waals surface area (Å²) in [5.74, 6) is 1.14. The number of rotatable bonds is 7. The third kappa shape index (κ3) is 3.56. The van der Waals surface area contributed by atoms with Gasteiger partial charge in [-0.1, -0.05) is 6.92 Å². The fourth-order valence-corrected chi connectivity index (χ4v) is 2.58. The molecule has 0 bridgehead atoms. The van der Waals surface area contributed by atoms with Gasteiger partial charge in [0, 0.05) is 26.0 Å². The topological polar surface area (TPSA) is 39.1 Å². The molecule has 2 heterocycles. The first kappa shape index (κ1) is 13.6. The van der Waals surface area contributed by atoms with Crippen LogP contribution in [0.15, 0.2) is 12.4 Å². The number of nitrogens with one attached hydrogen (secondary N) is 1. The van der Waals surface area contributed by atoms with Crippen LogP contribution in [0.2, 0.25) is 0 Å². The molecule has 2 rings (SSSR count). The molecule has 2 unspecified atom stereocenters. The fourth-order valence-electron chi connectivity index (χ4n) is 2.58. The molecule has 0 saturated carbocycles. The van der Waals surface area contributed by atoms with Crippen LogP contribution in [-0.2, 0) is 11.8 Å². The molecule has 0 radical (unpaired) electrons. The maximum Gasteiger partial charge on any atom is 0.125 e. The van der Waals surface area contributed by atoms with Crippen molar-refractivity contribution in [3.05, 3.63) is 18.2 Å². The largest absolute Gasteiger partial charge is 0.378 e. The summed E-state index contributed by atoms with van der Waals surface area (Å²) in [6.07, 6.45) is 10.2. The minimum absolute atomic E-state index is 0.356. The molecule has 1 aliphatic rings. The molecule has 1 fully saturated rings. The summed E-state index contributed by atoms with van der Waals surface area (Å²) in [4.78, 5) is 4.47. The Hall–Kier alpha value is -0.870. The summed E-state index contributed by atoms with van der Waals surface area (Å²) in [6.45, 7) is 4.19. The average Bonchev–Trinajstić information content (AvgIpc) is 3.01. The van der Waals surface area contributed by atoms with E-state index in [0.717, 1.165) is 38.2 Å². The van der Waals surface area contributed by atoms with Gasteiger partial charge in [0.1, 0.15) is 5.82 Å². The predicted molar refractivity (Wildman–Crippen MR) is 72.5 cm³/mol. The minimum atomic E-state index is 0.356. The van der Waals surface area contributed by atoms with Crippen LogP contribution in [0.5, 0.6) is 0 Å². The monoisotopic (exact) mass is 251 g/mol. The number of aromatic nitrogens is 2. The van der Waals surface area contributed by atoms with Crippen LogP contribution in [0, 0.1) is 0 Å². The molecule has 1 aliphatic heterocycles. The van der Waals surface area contributed by atoms with E-state index in [1.165, 1.54) is 12.8 Å². The zero-order valence-corrected chi connectivity index (χ0v) is 11.6. The Morgan fingerprint density at radius 3 is 3.11 bits per heavy atom. The van der Waals surface area contributed by atoms with Gasteiger partial charge in [0.15, 0.2) is 0 Å². The molecule has 4 nitrogen and oxygen atoms in total. The molecular formula is C14H25N3O. The molecule has 1 saturated heterocycles. The summed E-state index contributed by atoms with van der Waals surface area (Å²) >= 11 is 0. The quantitative estimate of drug-likeness (QED) is 0.809. The Morgan fingerprint density at radius 1 is 1.61 bits per heavy atom. The first-order chi connectivity index (χ1) is 8.81. The van der Waals surface area contributed by atoms with Crippen LogP contribution in [0.25, 0.3) is 0 Å². The predicted octanol–water partition coefficient (Wildman–Crippen LogP) is 2.42. The smallest absolute Gasteiger partial charge is 0.125 e. The number of hydrogen-bond donors (Lipinski definition) is 1. The van der Waals surface area contributed by atoms with E-state index in [9.17, 15) is 0 Å². The second-order valence-electron chi connectivity index (χ2n) is 5.12. The molecule has 0 amide bonds. The SMILES string of the molecule is CCCNC(CCC1CCCO1)c1nccn1C. The lowest BCUT2D eigenvalue weighted by molar-refractivity contribution is 0.0992. The molecule has 1 aromatic heterocycles. The zero-order valence-electron chi connectivity index (χ0n) is 11.6. The standard InChI is InChI=1S/C14H25N3O/c1-3-8-15-13(14-16-9-10-17(14)2)7-6-12-5-4-11-18-12/h9-10,12-13,15H,3-8,11H2,1-2H3. The summed E-state index contributed by atoms with van der Waals surface area (Å²) in [6, 6.07) is 0.356. The van der Waals surface area contributed by atoms with Gasteiger partial charge in [0.25, 0.3) is 0 Å². The first-order valence-corrected chi connectivity index (χ1v) is 7.13. The van der Waals surface area contributed by atoms with Crippen LogP contribution < -0.4 is 5.32 Å². The number of imidazole rings is 1. The van der Waals surface area contributed by atoms with Crippen molar-refractivity contribution in [2.45, 2.75) is 51.2 Å². The highest BCUT2D eigenvalue weighted by atomic mass is 16.5. The van der Waals surface area contributed by atoms with Gasteiger partial charge in [-0.2, -0.15) is 0 Å². The number of hydrogen-bond acceptors (Lipinski definition) is 3. The van der Waals surface area contributed by atoms with Gasteiger partial charge < -0.3 is 14.6 Å². The summed E-state index contributed by atoms with van der Waals surface area (Å²) in [5, 5.41) is 3.60. The van der Waals surface area contributed by atoms with Crippen molar-refractivity contribution >= 4 is 0 Å². The lowest BCUT2D eigenvalue weighted by Crippen LogP contribution is -2.26. The normalized spacial score (nSPS) is 21.3. The summed E-state index contributed by atoms with van der Waals surface area (Å²) < 4.78 is 7.81. The lowest BCUT2D eigenvalue weighted by Gasteiger charge is -2.20. The summed E-state index contributed by atoms with van der Waals surface area (Å²) in [5.41, 5.74) is 0. The Kier molecular flexibility index (Phi) is 5.20. The average molecular weight is 251 g/mol. The molecule has 102 valence electrons. The van der Waals surface area contributed by atoms with Crippen molar-refractivity contribution < 1.29 is 4.74 Å². The molecule has 1 N–H and O–H groups in total. The Bertz CT molecular complexity index is 345. The van der Waals surface area contributed by atoms with Gasteiger partial charge in [-0.15, -0.1) is 0 Å². The Labute approximate surface area is 110 Å². The molecule has 0 aromatic carbocycles. The van der Waals surface area contributed by atoms with E-state index >= 15 is 0 Å².